The van der Waals surface area contributed by atoms with E-state index in [1.165, 1.54) is 10.8 Å². The predicted molar refractivity (Wildman–Crippen MR) is 99.3 cm³/mol. The minimum Gasteiger partial charge on any atom is -0.322 e. The fourth-order valence-electron chi connectivity index (χ4n) is 2.99. The molecule has 3 heteroatoms. The third kappa shape index (κ3) is 3.02. The molecule has 0 aliphatic heterocycles. The fraction of sp³-hybridized carbons (Fsp3) is 0.250. The summed E-state index contributed by atoms with van der Waals surface area (Å²) in [6, 6.07) is 18.1. The first-order chi connectivity index (χ1) is 11.1. The van der Waals surface area contributed by atoms with Crippen LogP contribution in [-0.2, 0) is 4.79 Å². The first-order valence-electron chi connectivity index (χ1n) is 8.16. The van der Waals surface area contributed by atoms with E-state index in [0.29, 0.717) is 0 Å². The van der Waals surface area contributed by atoms with E-state index in [9.17, 15) is 4.79 Å². The predicted octanol–water partition coefficient (Wildman–Crippen LogP) is 3.22. The molecule has 1 radical (unpaired) electrons. The Bertz CT molecular complexity index is 859. The Morgan fingerprint density at radius 3 is 2.52 bits per heavy atom. The highest BCUT2D eigenvalue weighted by Gasteiger charge is 2.21. The van der Waals surface area contributed by atoms with Crippen molar-refractivity contribution in [3.05, 3.63) is 54.6 Å². The summed E-state index contributed by atoms with van der Waals surface area (Å²) < 4.78 is 0. The van der Waals surface area contributed by atoms with Gasteiger partial charge in [0.1, 0.15) is 5.68 Å². The van der Waals surface area contributed by atoms with Gasteiger partial charge < -0.3 is 10.5 Å². The SMILES string of the molecule is CC[C@H](C)[C@H](N)C(=O)[B]c1cccc2ccc3ccccc3c12. The number of rotatable bonds is 5. The van der Waals surface area contributed by atoms with Gasteiger partial charge in [0.2, 0.25) is 7.28 Å². The van der Waals surface area contributed by atoms with E-state index in [-0.39, 0.29) is 11.6 Å². The second-order valence-electron chi connectivity index (χ2n) is 6.19. The van der Waals surface area contributed by atoms with Crippen molar-refractivity contribution >= 4 is 40.0 Å². The van der Waals surface area contributed by atoms with Crippen LogP contribution >= 0.6 is 0 Å². The number of fused-ring (bicyclic) bond motifs is 3. The van der Waals surface area contributed by atoms with Gasteiger partial charge in [-0.3, -0.25) is 0 Å². The maximum atomic E-state index is 12.5. The Morgan fingerprint density at radius 2 is 1.74 bits per heavy atom. The largest absolute Gasteiger partial charge is 0.322 e. The van der Waals surface area contributed by atoms with E-state index >= 15 is 0 Å². The molecular formula is C20H21BNO. The van der Waals surface area contributed by atoms with Gasteiger partial charge in [0.15, 0.2) is 0 Å². The Labute approximate surface area is 137 Å². The first kappa shape index (κ1) is 15.8. The van der Waals surface area contributed by atoms with Gasteiger partial charge in [0.05, 0.1) is 6.04 Å². The fourth-order valence-corrected chi connectivity index (χ4v) is 2.99. The third-order valence-electron chi connectivity index (χ3n) is 4.68. The quantitative estimate of drug-likeness (QED) is 0.581. The van der Waals surface area contributed by atoms with Crippen LogP contribution in [-0.4, -0.2) is 19.0 Å². The smallest absolute Gasteiger partial charge is 0.244 e. The summed E-state index contributed by atoms with van der Waals surface area (Å²) in [6.07, 6.45) is 0.902. The molecule has 0 saturated heterocycles. The van der Waals surface area contributed by atoms with E-state index in [1.54, 1.807) is 7.28 Å². The standard InChI is InChI=1S/C20H21BNO/c1-3-13(2)19(22)20(23)21-17-10-6-8-15-12-11-14-7-4-5-9-16(14)18(15)17/h4-13,19H,3,22H2,1-2H3/t13-,19-/m0/s1. The summed E-state index contributed by atoms with van der Waals surface area (Å²) in [5.41, 5.74) is 7.04. The number of nitrogens with two attached hydrogens (primary N) is 1. The molecule has 0 heterocycles. The van der Waals surface area contributed by atoms with E-state index < -0.39 is 6.04 Å². The first-order valence-corrected chi connectivity index (χ1v) is 8.16. The van der Waals surface area contributed by atoms with Crippen molar-refractivity contribution in [2.45, 2.75) is 26.3 Å². The summed E-state index contributed by atoms with van der Waals surface area (Å²) in [4.78, 5) is 12.5. The third-order valence-corrected chi connectivity index (χ3v) is 4.68. The highest BCUT2D eigenvalue weighted by molar-refractivity contribution is 6.86. The van der Waals surface area contributed by atoms with Crippen LogP contribution in [0.3, 0.4) is 0 Å². The lowest BCUT2D eigenvalue weighted by Crippen LogP contribution is -2.43. The molecule has 0 aliphatic rings. The molecule has 2 atom stereocenters. The van der Waals surface area contributed by atoms with Crippen molar-refractivity contribution in [2.75, 3.05) is 0 Å². The van der Waals surface area contributed by atoms with E-state index in [4.69, 9.17) is 5.73 Å². The van der Waals surface area contributed by atoms with Gasteiger partial charge in [-0.15, -0.1) is 0 Å². The van der Waals surface area contributed by atoms with Gasteiger partial charge in [-0.25, -0.2) is 0 Å². The normalized spacial score (nSPS) is 13.9. The summed E-state index contributed by atoms with van der Waals surface area (Å²) in [5.74, 6) is 0.186. The molecule has 0 amide bonds. The lowest BCUT2D eigenvalue weighted by atomic mass is 9.61. The lowest BCUT2D eigenvalue weighted by Gasteiger charge is -2.17. The molecular weight excluding hydrogens is 281 g/mol. The van der Waals surface area contributed by atoms with E-state index in [2.05, 4.69) is 37.3 Å². The maximum Gasteiger partial charge on any atom is 0.244 e. The summed E-state index contributed by atoms with van der Waals surface area (Å²) in [7, 11) is 1.71. The van der Waals surface area contributed by atoms with Gasteiger partial charge in [-0.2, -0.15) is 0 Å². The summed E-state index contributed by atoms with van der Waals surface area (Å²) in [5, 5.41) is 4.61. The lowest BCUT2D eigenvalue weighted by molar-refractivity contribution is -0.114. The van der Waals surface area contributed by atoms with Crippen molar-refractivity contribution < 1.29 is 4.79 Å². The monoisotopic (exact) mass is 302 g/mol. The topological polar surface area (TPSA) is 43.1 Å². The molecule has 3 aromatic rings. The van der Waals surface area contributed by atoms with Crippen LogP contribution in [0.25, 0.3) is 21.5 Å². The average molecular weight is 302 g/mol. The molecule has 0 unspecified atom stereocenters. The molecule has 2 nitrogen and oxygen atoms in total. The van der Waals surface area contributed by atoms with Crippen molar-refractivity contribution in [1.29, 1.82) is 0 Å². The highest BCUT2D eigenvalue weighted by Crippen LogP contribution is 2.23. The molecule has 0 aromatic heterocycles. The number of hydrogen-bond donors (Lipinski definition) is 1. The molecule has 0 saturated carbocycles. The Kier molecular flexibility index (Phi) is 4.49. The van der Waals surface area contributed by atoms with E-state index in [1.807, 2.05) is 31.2 Å². The molecule has 0 bridgehead atoms. The van der Waals surface area contributed by atoms with Gasteiger partial charge in [0.25, 0.3) is 0 Å². The van der Waals surface area contributed by atoms with Crippen LogP contribution in [0.4, 0.5) is 0 Å². The molecule has 0 fully saturated rings. The van der Waals surface area contributed by atoms with Crippen LogP contribution in [0.5, 0.6) is 0 Å². The molecule has 2 N–H and O–H groups in total. The molecule has 0 aliphatic carbocycles. The number of benzene rings is 3. The molecule has 3 aromatic carbocycles. The second kappa shape index (κ2) is 6.55. The zero-order chi connectivity index (χ0) is 16.4. The number of hydrogen-bond acceptors (Lipinski definition) is 2. The van der Waals surface area contributed by atoms with Crippen LogP contribution in [0.15, 0.2) is 54.6 Å². The second-order valence-corrected chi connectivity index (χ2v) is 6.19. The van der Waals surface area contributed by atoms with Gasteiger partial charge in [-0.05, 0) is 27.5 Å². The van der Waals surface area contributed by atoms with Crippen LogP contribution in [0.1, 0.15) is 20.3 Å². The summed E-state index contributed by atoms with van der Waals surface area (Å²) in [6.45, 7) is 4.08. The number of carbonyl (C=O) groups is 1. The van der Waals surface area contributed by atoms with Crippen LogP contribution in [0, 0.1) is 5.92 Å². The van der Waals surface area contributed by atoms with Crippen LogP contribution < -0.4 is 11.2 Å². The Balaban J connectivity index is 2.07. The Morgan fingerprint density at radius 1 is 1.04 bits per heavy atom. The van der Waals surface area contributed by atoms with Crippen molar-refractivity contribution in [3.8, 4) is 0 Å². The molecule has 115 valence electrons. The maximum absolute atomic E-state index is 12.5. The minimum atomic E-state index is -0.440. The van der Waals surface area contributed by atoms with Crippen molar-refractivity contribution in [3.63, 3.8) is 0 Å². The minimum absolute atomic E-state index is 0.000200. The highest BCUT2D eigenvalue weighted by atomic mass is 16.1. The van der Waals surface area contributed by atoms with E-state index in [0.717, 1.165) is 22.7 Å². The van der Waals surface area contributed by atoms with Gasteiger partial charge in [-0.1, -0.05) is 80.3 Å². The Hall–Kier alpha value is -2.13. The van der Waals surface area contributed by atoms with Crippen molar-refractivity contribution in [1.82, 2.24) is 0 Å². The molecule has 23 heavy (non-hydrogen) atoms. The number of carbonyl (C=O) groups excluding carboxylic acids is 1. The summed E-state index contributed by atoms with van der Waals surface area (Å²) >= 11 is 0. The average Bonchev–Trinajstić information content (AvgIpc) is 2.60. The zero-order valence-corrected chi connectivity index (χ0v) is 13.6. The van der Waals surface area contributed by atoms with Crippen LogP contribution in [0.2, 0.25) is 0 Å². The van der Waals surface area contributed by atoms with Gasteiger partial charge >= 0.3 is 0 Å². The van der Waals surface area contributed by atoms with Crippen molar-refractivity contribution in [2.24, 2.45) is 11.7 Å². The molecule has 0 spiro atoms. The molecule has 3 rings (SSSR count). The van der Waals surface area contributed by atoms with Gasteiger partial charge in [0, 0.05) is 0 Å². The zero-order valence-electron chi connectivity index (χ0n) is 13.6.